The molecule has 1 aromatic heterocycles. The highest BCUT2D eigenvalue weighted by Crippen LogP contribution is 2.32. The maximum absolute atomic E-state index is 10.8. The molecule has 0 aliphatic carbocycles. The van der Waals surface area contributed by atoms with Gasteiger partial charge in [-0.1, -0.05) is 30.9 Å². The van der Waals surface area contributed by atoms with Crippen LogP contribution in [0, 0.1) is 10.1 Å². The van der Waals surface area contributed by atoms with Gasteiger partial charge in [0, 0.05) is 0 Å². The van der Waals surface area contributed by atoms with Gasteiger partial charge >= 0.3 is 5.88 Å². The van der Waals surface area contributed by atoms with Crippen molar-refractivity contribution in [2.75, 3.05) is 0 Å². The molecular weight excluding hydrogens is 314 g/mol. The van der Waals surface area contributed by atoms with Crippen LogP contribution in [-0.4, -0.2) is 21.3 Å². The van der Waals surface area contributed by atoms with Crippen molar-refractivity contribution < 1.29 is 13.8 Å². The normalized spacial score (nSPS) is 15.0. The van der Waals surface area contributed by atoms with E-state index in [-0.39, 0.29) is 12.0 Å². The van der Waals surface area contributed by atoms with Crippen molar-refractivity contribution in [3.8, 4) is 0 Å². The number of rotatable bonds is 7. The van der Waals surface area contributed by atoms with Gasteiger partial charge in [-0.3, -0.25) is 10.1 Å². The van der Waals surface area contributed by atoms with E-state index in [0.717, 1.165) is 0 Å². The van der Waals surface area contributed by atoms with Gasteiger partial charge in [-0.05, 0) is 39.1 Å². The quantitative estimate of drug-likeness (QED) is 0.384. The molecule has 0 fully saturated rings. The fourth-order valence-corrected chi connectivity index (χ4v) is 4.98. The Kier molecular flexibility index (Phi) is 5.94. The van der Waals surface area contributed by atoms with Crippen molar-refractivity contribution in [1.29, 1.82) is 0 Å². The molecule has 0 bridgehead atoms. The first-order valence-electron chi connectivity index (χ1n) is 7.48. The predicted octanol–water partition coefficient (Wildman–Crippen LogP) is 5.29. The largest absolute Gasteiger partial charge is 0.433 e. The summed E-state index contributed by atoms with van der Waals surface area (Å²) in [6.07, 6.45) is 0.451. The maximum atomic E-state index is 10.8. The van der Waals surface area contributed by atoms with Crippen molar-refractivity contribution in [3.63, 3.8) is 0 Å². The Hall–Kier alpha value is -1.19. The molecule has 0 saturated carbocycles. The minimum atomic E-state index is -1.79. The van der Waals surface area contributed by atoms with Crippen molar-refractivity contribution >= 4 is 22.3 Å². The smallest absolute Gasteiger partial charge is 0.407 e. The molecule has 1 unspecified atom stereocenters. The van der Waals surface area contributed by atoms with E-state index >= 15 is 0 Å². The van der Waals surface area contributed by atoms with E-state index in [4.69, 9.17) is 8.84 Å². The molecular formula is C15H27NO4Si2. The highest BCUT2D eigenvalue weighted by atomic mass is 28.4. The average Bonchev–Trinajstić information content (AvgIpc) is 2.72. The first-order chi connectivity index (χ1) is 9.87. The summed E-state index contributed by atoms with van der Waals surface area (Å²) in [5.41, 5.74) is 3.59. The van der Waals surface area contributed by atoms with Crippen molar-refractivity contribution in [2.45, 2.75) is 58.7 Å². The van der Waals surface area contributed by atoms with Crippen LogP contribution in [-0.2, 0) is 4.43 Å². The van der Waals surface area contributed by atoms with Gasteiger partial charge in [0.15, 0.2) is 8.32 Å². The zero-order valence-corrected chi connectivity index (χ0v) is 16.6. The molecule has 1 heterocycles. The van der Waals surface area contributed by atoms with Crippen LogP contribution >= 0.6 is 0 Å². The van der Waals surface area contributed by atoms with Crippen LogP contribution in [0.4, 0.5) is 5.88 Å². The molecule has 0 N–H and O–H groups in total. The van der Waals surface area contributed by atoms with Crippen LogP contribution in [0.2, 0.25) is 39.3 Å². The lowest BCUT2D eigenvalue weighted by atomic mass is 10.1. The van der Waals surface area contributed by atoms with E-state index in [9.17, 15) is 10.1 Å². The summed E-state index contributed by atoms with van der Waals surface area (Å²) in [5, 5.41) is 10.8. The van der Waals surface area contributed by atoms with E-state index in [1.807, 2.05) is 0 Å². The summed E-state index contributed by atoms with van der Waals surface area (Å²) < 4.78 is 11.6. The fraction of sp³-hybridized carbons (Fsp3) is 0.600. The summed E-state index contributed by atoms with van der Waals surface area (Å²) >= 11 is 0. The Morgan fingerprint density at radius 1 is 1.32 bits per heavy atom. The molecule has 22 heavy (non-hydrogen) atoms. The van der Waals surface area contributed by atoms with Crippen molar-refractivity contribution in [2.24, 2.45) is 0 Å². The van der Waals surface area contributed by atoms with Crippen LogP contribution in [0.25, 0.3) is 0 Å². The number of nitro groups is 1. The van der Waals surface area contributed by atoms with Crippen molar-refractivity contribution in [1.82, 2.24) is 0 Å². The molecule has 0 aliphatic heterocycles. The standard InChI is InChI=1S/C15H27NO4Si2/c1-12(11-21(2,3)4)10-14(20-22(5,6)7)13-8-9-15(19-13)16(17)18/h8-9,11,14H,10H2,1-7H3/b12-11-. The molecule has 5 nitrogen and oxygen atoms in total. The lowest BCUT2D eigenvalue weighted by Gasteiger charge is -2.25. The molecule has 1 atom stereocenters. The third-order valence-electron chi connectivity index (χ3n) is 2.79. The summed E-state index contributed by atoms with van der Waals surface area (Å²) in [5.74, 6) is 0.309. The Labute approximate surface area is 134 Å². The molecule has 0 aliphatic rings. The first-order valence-corrected chi connectivity index (χ1v) is 14.5. The van der Waals surface area contributed by atoms with Crippen LogP contribution in [0.3, 0.4) is 0 Å². The number of hydrogen-bond donors (Lipinski definition) is 0. The molecule has 0 radical (unpaired) electrons. The Morgan fingerprint density at radius 3 is 2.32 bits per heavy atom. The highest BCUT2D eigenvalue weighted by molar-refractivity contribution is 6.81. The molecule has 0 aromatic carbocycles. The van der Waals surface area contributed by atoms with Gasteiger partial charge in [-0.25, -0.2) is 0 Å². The summed E-state index contributed by atoms with van der Waals surface area (Å²) in [6.45, 7) is 15.3. The van der Waals surface area contributed by atoms with Crippen LogP contribution < -0.4 is 0 Å². The lowest BCUT2D eigenvalue weighted by molar-refractivity contribution is -0.402. The average molecular weight is 342 g/mol. The van der Waals surface area contributed by atoms with Gasteiger partial charge in [-0.2, -0.15) is 0 Å². The Bertz CT molecular complexity index is 553. The molecule has 7 heteroatoms. The van der Waals surface area contributed by atoms with E-state index < -0.39 is 21.3 Å². The topological polar surface area (TPSA) is 65.5 Å². The second kappa shape index (κ2) is 6.93. The van der Waals surface area contributed by atoms with Gasteiger partial charge in [-0.15, -0.1) is 0 Å². The third kappa shape index (κ3) is 6.72. The first kappa shape index (κ1) is 18.9. The van der Waals surface area contributed by atoms with E-state index in [0.29, 0.717) is 12.2 Å². The number of hydrogen-bond acceptors (Lipinski definition) is 4. The van der Waals surface area contributed by atoms with Crippen molar-refractivity contribution in [3.05, 3.63) is 39.3 Å². The molecule has 0 spiro atoms. The molecule has 0 amide bonds. The zero-order valence-electron chi connectivity index (χ0n) is 14.6. The van der Waals surface area contributed by atoms with Gasteiger partial charge in [0.05, 0.1) is 14.1 Å². The Balaban J connectivity index is 3.02. The number of nitrogens with zero attached hydrogens (tertiary/aromatic N) is 1. The monoisotopic (exact) mass is 341 g/mol. The predicted molar refractivity (Wildman–Crippen MR) is 94.3 cm³/mol. The summed E-state index contributed by atoms with van der Waals surface area (Å²) in [7, 11) is -3.10. The highest BCUT2D eigenvalue weighted by Gasteiger charge is 2.27. The molecule has 0 saturated heterocycles. The second-order valence-corrected chi connectivity index (χ2v) is 17.2. The summed E-state index contributed by atoms with van der Waals surface area (Å²) in [6, 6.07) is 3.05. The molecule has 1 aromatic rings. The molecule has 1 rings (SSSR count). The minimum Gasteiger partial charge on any atom is -0.407 e. The van der Waals surface area contributed by atoms with E-state index in [2.05, 4.69) is 51.9 Å². The van der Waals surface area contributed by atoms with Crippen LogP contribution in [0.5, 0.6) is 0 Å². The SMILES string of the molecule is C/C(=C/[Si](C)(C)C)CC(O[Si](C)(C)C)c1ccc([N+](=O)[O-])o1. The second-order valence-electron chi connectivity index (χ2n) is 7.71. The van der Waals surface area contributed by atoms with E-state index in [1.54, 1.807) is 6.07 Å². The van der Waals surface area contributed by atoms with Gasteiger partial charge in [0.2, 0.25) is 0 Å². The van der Waals surface area contributed by atoms with Crippen LogP contribution in [0.1, 0.15) is 25.2 Å². The Morgan fingerprint density at radius 2 is 1.91 bits per heavy atom. The number of furan rings is 1. The minimum absolute atomic E-state index is 0.231. The van der Waals surface area contributed by atoms with Gasteiger partial charge in [0.25, 0.3) is 0 Å². The fourth-order valence-electron chi connectivity index (χ4n) is 2.33. The van der Waals surface area contributed by atoms with Gasteiger partial charge in [0.1, 0.15) is 16.8 Å². The van der Waals surface area contributed by atoms with Crippen LogP contribution in [0.15, 0.2) is 27.8 Å². The zero-order chi connectivity index (χ0) is 17.1. The van der Waals surface area contributed by atoms with E-state index in [1.165, 1.54) is 11.6 Å². The lowest BCUT2D eigenvalue weighted by Crippen LogP contribution is -2.28. The maximum Gasteiger partial charge on any atom is 0.433 e. The molecule has 124 valence electrons. The van der Waals surface area contributed by atoms with Gasteiger partial charge < -0.3 is 8.84 Å². The third-order valence-corrected chi connectivity index (χ3v) is 5.14. The summed E-state index contributed by atoms with van der Waals surface area (Å²) in [4.78, 5) is 10.3.